The lowest BCUT2D eigenvalue weighted by Crippen LogP contribution is -1.98. The minimum absolute atomic E-state index is 0.363. The molecule has 5 heteroatoms. The van der Waals surface area contributed by atoms with Gasteiger partial charge in [0.05, 0.1) is 0 Å². The number of aromatic nitrogens is 2. The predicted molar refractivity (Wildman–Crippen MR) is 133 cm³/mol. The Balaban J connectivity index is 1.57. The molecule has 0 spiro atoms. The highest BCUT2D eigenvalue weighted by Gasteiger charge is 2.18. The summed E-state index contributed by atoms with van der Waals surface area (Å²) in [5.74, 6) is 0. The van der Waals surface area contributed by atoms with Gasteiger partial charge in [-0.3, -0.25) is 4.40 Å². The predicted octanol–water partition coefficient (Wildman–Crippen LogP) is 6.93. The molecule has 0 saturated heterocycles. The van der Waals surface area contributed by atoms with Gasteiger partial charge in [-0.1, -0.05) is 90.6 Å². The Morgan fingerprint density at radius 3 is 2.21 bits per heavy atom. The van der Waals surface area contributed by atoms with Crippen molar-refractivity contribution in [2.75, 3.05) is 0 Å². The van der Waals surface area contributed by atoms with Crippen LogP contribution in [-0.2, 0) is 0 Å². The number of para-hydroxylation sites is 1. The van der Waals surface area contributed by atoms with E-state index in [9.17, 15) is 4.79 Å². The second-order valence-electron chi connectivity index (χ2n) is 7.67. The van der Waals surface area contributed by atoms with Crippen LogP contribution in [0.1, 0.15) is 0 Å². The van der Waals surface area contributed by atoms with Crippen molar-refractivity contribution in [3.05, 3.63) is 120 Å². The lowest BCUT2D eigenvalue weighted by atomic mass is 10.1. The molecule has 0 amide bonds. The highest BCUT2D eigenvalue weighted by molar-refractivity contribution is 7.99. The highest BCUT2D eigenvalue weighted by atomic mass is 32.2. The summed E-state index contributed by atoms with van der Waals surface area (Å²) < 4.78 is 7.48. The van der Waals surface area contributed by atoms with Crippen molar-refractivity contribution in [1.29, 1.82) is 0 Å². The van der Waals surface area contributed by atoms with E-state index in [1.165, 1.54) is 11.8 Å². The molecule has 0 bridgehead atoms. The Hall–Kier alpha value is -4.09. The van der Waals surface area contributed by atoms with E-state index in [4.69, 9.17) is 9.40 Å². The molecule has 0 fully saturated rings. The van der Waals surface area contributed by atoms with E-state index in [0.717, 1.165) is 43.3 Å². The molecule has 0 atom stereocenters. The molecule has 3 aromatic heterocycles. The largest absolute Gasteiger partial charge is 0.423 e. The maximum atomic E-state index is 12.3. The van der Waals surface area contributed by atoms with Crippen molar-refractivity contribution in [2.24, 2.45) is 0 Å². The topological polar surface area (TPSA) is 47.5 Å². The third-order valence-corrected chi connectivity index (χ3v) is 6.70. The van der Waals surface area contributed by atoms with E-state index in [2.05, 4.69) is 40.8 Å². The van der Waals surface area contributed by atoms with Crippen molar-refractivity contribution in [1.82, 2.24) is 9.38 Å². The number of benzene rings is 3. The van der Waals surface area contributed by atoms with E-state index >= 15 is 0 Å². The van der Waals surface area contributed by atoms with Crippen LogP contribution in [0.2, 0.25) is 0 Å². The molecule has 6 aromatic rings. The van der Waals surface area contributed by atoms with Crippen molar-refractivity contribution in [2.45, 2.75) is 9.92 Å². The van der Waals surface area contributed by atoms with Crippen molar-refractivity contribution in [3.8, 4) is 22.4 Å². The first kappa shape index (κ1) is 19.6. The maximum Gasteiger partial charge on any atom is 0.337 e. The normalized spacial score (nSPS) is 11.3. The number of rotatable bonds is 4. The molecule has 0 aliphatic rings. The van der Waals surface area contributed by atoms with Crippen LogP contribution in [0.4, 0.5) is 0 Å². The summed E-state index contributed by atoms with van der Waals surface area (Å²) in [6.07, 6.45) is 2.05. The minimum Gasteiger partial charge on any atom is -0.423 e. The maximum absolute atomic E-state index is 12.3. The Bertz CT molecular complexity index is 1650. The quantitative estimate of drug-likeness (QED) is 0.276. The van der Waals surface area contributed by atoms with E-state index in [0.29, 0.717) is 5.58 Å². The number of hydrogen-bond acceptors (Lipinski definition) is 4. The van der Waals surface area contributed by atoms with Crippen molar-refractivity contribution >= 4 is 28.4 Å². The van der Waals surface area contributed by atoms with E-state index in [1.54, 1.807) is 6.07 Å². The van der Waals surface area contributed by atoms with Crippen LogP contribution in [0.5, 0.6) is 0 Å². The van der Waals surface area contributed by atoms with E-state index in [-0.39, 0.29) is 5.63 Å². The second-order valence-corrected chi connectivity index (χ2v) is 8.70. The second kappa shape index (κ2) is 8.11. The molecule has 0 N–H and O–H groups in total. The van der Waals surface area contributed by atoms with Gasteiger partial charge in [-0.15, -0.1) is 0 Å². The monoisotopic (exact) mass is 446 g/mol. The van der Waals surface area contributed by atoms with Crippen LogP contribution in [-0.4, -0.2) is 9.38 Å². The number of imidazole rings is 1. The van der Waals surface area contributed by atoms with Gasteiger partial charge in [-0.05, 0) is 29.3 Å². The van der Waals surface area contributed by atoms with Gasteiger partial charge < -0.3 is 4.42 Å². The first-order valence-electron chi connectivity index (χ1n) is 10.6. The summed E-state index contributed by atoms with van der Waals surface area (Å²) in [5.41, 5.74) is 5.22. The minimum atomic E-state index is -0.363. The Kier molecular flexibility index (Phi) is 4.82. The fraction of sp³-hybridized carbons (Fsp3) is 0. The first-order chi connectivity index (χ1) is 16.3. The highest BCUT2D eigenvalue weighted by Crippen LogP contribution is 2.39. The van der Waals surface area contributed by atoms with Gasteiger partial charge in [-0.25, -0.2) is 9.78 Å². The van der Waals surface area contributed by atoms with Crippen LogP contribution in [0, 0.1) is 0 Å². The van der Waals surface area contributed by atoms with Crippen LogP contribution in [0.25, 0.3) is 39.0 Å². The van der Waals surface area contributed by atoms with Gasteiger partial charge in [0, 0.05) is 28.1 Å². The summed E-state index contributed by atoms with van der Waals surface area (Å²) in [7, 11) is 0. The fourth-order valence-corrected chi connectivity index (χ4v) is 5.14. The summed E-state index contributed by atoms with van der Waals surface area (Å²) in [6.45, 7) is 0. The number of pyridine rings is 1. The van der Waals surface area contributed by atoms with Gasteiger partial charge in [0.15, 0.2) is 0 Å². The number of hydrogen-bond donors (Lipinski definition) is 0. The fourth-order valence-electron chi connectivity index (χ4n) is 3.98. The first-order valence-corrected chi connectivity index (χ1v) is 11.4. The molecule has 33 heavy (non-hydrogen) atoms. The molecule has 3 aromatic carbocycles. The smallest absolute Gasteiger partial charge is 0.337 e. The van der Waals surface area contributed by atoms with Gasteiger partial charge in [0.25, 0.3) is 0 Å². The van der Waals surface area contributed by atoms with Crippen LogP contribution in [0.3, 0.4) is 0 Å². The van der Waals surface area contributed by atoms with Gasteiger partial charge in [0.1, 0.15) is 22.0 Å². The van der Waals surface area contributed by atoms with Crippen LogP contribution in [0.15, 0.2) is 128 Å². The van der Waals surface area contributed by atoms with E-state index < -0.39 is 0 Å². The van der Waals surface area contributed by atoms with Crippen molar-refractivity contribution in [3.63, 3.8) is 0 Å². The molecular weight excluding hydrogens is 428 g/mol. The standard InChI is InChI=1S/C28H18N2O2S/c31-26-18-24(22-13-7-8-14-23(22)32-26)33-28-27(20-11-5-2-6-12-20)29-25-17-21(15-16-30(25)28)19-9-3-1-4-10-19/h1-18H. The molecule has 3 heterocycles. The summed E-state index contributed by atoms with van der Waals surface area (Å²) in [5, 5.41) is 1.85. The molecule has 0 unspecified atom stereocenters. The van der Waals surface area contributed by atoms with Gasteiger partial charge in [-0.2, -0.15) is 0 Å². The molecule has 0 radical (unpaired) electrons. The molecule has 0 aliphatic heterocycles. The SMILES string of the molecule is O=c1cc(Sc2c(-c3ccccc3)nc3cc(-c4ccccc4)ccn23)c2ccccc2o1. The summed E-state index contributed by atoms with van der Waals surface area (Å²) >= 11 is 1.53. The Morgan fingerprint density at radius 2 is 1.42 bits per heavy atom. The zero-order valence-electron chi connectivity index (χ0n) is 17.5. The Labute approximate surface area is 194 Å². The van der Waals surface area contributed by atoms with Crippen molar-refractivity contribution < 1.29 is 4.42 Å². The molecule has 158 valence electrons. The summed E-state index contributed by atoms with van der Waals surface area (Å²) in [4.78, 5) is 18.1. The van der Waals surface area contributed by atoms with Gasteiger partial charge >= 0.3 is 5.63 Å². The zero-order chi connectivity index (χ0) is 22.2. The average molecular weight is 447 g/mol. The summed E-state index contributed by atoms with van der Waals surface area (Å²) in [6, 6.07) is 33.8. The van der Waals surface area contributed by atoms with Crippen LogP contribution < -0.4 is 5.63 Å². The third kappa shape index (κ3) is 3.62. The zero-order valence-corrected chi connectivity index (χ0v) is 18.3. The molecule has 0 saturated carbocycles. The van der Waals surface area contributed by atoms with Gasteiger partial charge in [0.2, 0.25) is 0 Å². The molecule has 4 nitrogen and oxygen atoms in total. The number of nitrogens with zero attached hydrogens (tertiary/aromatic N) is 2. The number of fused-ring (bicyclic) bond motifs is 2. The molecular formula is C28H18N2O2S. The average Bonchev–Trinajstić information content (AvgIpc) is 3.22. The molecule has 6 rings (SSSR count). The van der Waals surface area contributed by atoms with E-state index in [1.807, 2.05) is 66.9 Å². The third-order valence-electron chi connectivity index (χ3n) is 5.56. The lowest BCUT2D eigenvalue weighted by Gasteiger charge is -2.08. The molecule has 0 aliphatic carbocycles. The Morgan fingerprint density at radius 1 is 0.727 bits per heavy atom. The lowest BCUT2D eigenvalue weighted by molar-refractivity contribution is 0.557. The van der Waals surface area contributed by atoms with Crippen LogP contribution >= 0.6 is 11.8 Å².